The number of fused-ring (bicyclic) bond motifs is 1. The number of anilines is 1. The molecule has 0 aliphatic heterocycles. The van der Waals surface area contributed by atoms with Crippen LogP contribution in [-0.4, -0.2) is 26.8 Å². The van der Waals surface area contributed by atoms with E-state index in [2.05, 4.69) is 20.5 Å². The third-order valence-corrected chi connectivity index (χ3v) is 5.32. The summed E-state index contributed by atoms with van der Waals surface area (Å²) >= 11 is 7.26. The molecule has 0 aliphatic carbocycles. The monoisotopic (exact) mass is 398 g/mol. The van der Waals surface area contributed by atoms with E-state index in [0.717, 1.165) is 22.0 Å². The number of H-pyrrole nitrogens is 1. The molecule has 0 radical (unpaired) electrons. The van der Waals surface area contributed by atoms with Gasteiger partial charge in [-0.1, -0.05) is 47.6 Å². The third-order valence-electron chi connectivity index (χ3n) is 4.09. The molecular weight excluding hydrogens is 384 g/mol. The Bertz CT molecular complexity index is 1120. The van der Waals surface area contributed by atoms with Crippen LogP contribution >= 0.6 is 23.4 Å². The van der Waals surface area contributed by atoms with Gasteiger partial charge in [-0.05, 0) is 30.7 Å². The number of aromatic amines is 1. The molecule has 0 atom stereocenters. The minimum Gasteiger partial charge on any atom is -0.411 e. The van der Waals surface area contributed by atoms with Gasteiger partial charge in [0.05, 0.1) is 11.3 Å². The van der Waals surface area contributed by atoms with Crippen molar-refractivity contribution in [2.75, 3.05) is 11.1 Å². The second-order valence-corrected chi connectivity index (χ2v) is 7.20. The largest absolute Gasteiger partial charge is 0.411 e. The van der Waals surface area contributed by atoms with Gasteiger partial charge in [0, 0.05) is 27.8 Å². The molecular formula is C19H15ClN4O2S. The molecule has 0 bridgehead atoms. The Hall–Kier alpha value is -2.77. The number of carbonyl (C=O) groups excluding carboxylic acids is 1. The molecule has 1 amide bonds. The van der Waals surface area contributed by atoms with E-state index < -0.39 is 0 Å². The van der Waals surface area contributed by atoms with Gasteiger partial charge in [-0.3, -0.25) is 4.79 Å². The SMILES string of the molecule is Cc1c(Cl)cccc1NC(=O)CSc1nnc(-c2c[nH]c3ccccc23)o1. The Morgan fingerprint density at radius 3 is 2.96 bits per heavy atom. The summed E-state index contributed by atoms with van der Waals surface area (Å²) in [6.45, 7) is 1.86. The fourth-order valence-electron chi connectivity index (χ4n) is 2.68. The van der Waals surface area contributed by atoms with Crippen LogP contribution in [0, 0.1) is 6.92 Å². The van der Waals surface area contributed by atoms with Gasteiger partial charge in [-0.2, -0.15) is 0 Å². The third kappa shape index (κ3) is 3.70. The predicted molar refractivity (Wildman–Crippen MR) is 107 cm³/mol. The van der Waals surface area contributed by atoms with E-state index in [0.29, 0.717) is 21.8 Å². The Morgan fingerprint density at radius 2 is 2.07 bits per heavy atom. The maximum Gasteiger partial charge on any atom is 0.277 e. The molecule has 8 heteroatoms. The zero-order valence-corrected chi connectivity index (χ0v) is 15.9. The smallest absolute Gasteiger partial charge is 0.277 e. The average molecular weight is 399 g/mol. The molecule has 0 unspecified atom stereocenters. The van der Waals surface area contributed by atoms with Crippen molar-refractivity contribution in [3.8, 4) is 11.5 Å². The molecule has 2 aromatic heterocycles. The first-order valence-electron chi connectivity index (χ1n) is 8.19. The summed E-state index contributed by atoms with van der Waals surface area (Å²) in [6, 6.07) is 13.3. The molecule has 2 N–H and O–H groups in total. The number of hydrogen-bond acceptors (Lipinski definition) is 5. The van der Waals surface area contributed by atoms with Crippen LogP contribution < -0.4 is 5.32 Å². The molecule has 0 spiro atoms. The molecule has 2 heterocycles. The minimum absolute atomic E-state index is 0.154. The molecule has 0 aliphatic rings. The molecule has 2 aromatic carbocycles. The van der Waals surface area contributed by atoms with Gasteiger partial charge >= 0.3 is 0 Å². The van der Waals surface area contributed by atoms with Gasteiger partial charge in [0.15, 0.2) is 0 Å². The predicted octanol–water partition coefficient (Wildman–Crippen LogP) is 4.91. The van der Waals surface area contributed by atoms with Crippen LogP contribution in [0.25, 0.3) is 22.4 Å². The van der Waals surface area contributed by atoms with Crippen molar-refractivity contribution in [2.24, 2.45) is 0 Å². The van der Waals surface area contributed by atoms with Crippen LogP contribution in [0.3, 0.4) is 0 Å². The first-order chi connectivity index (χ1) is 13.1. The quantitative estimate of drug-likeness (QED) is 0.466. The summed E-state index contributed by atoms with van der Waals surface area (Å²) < 4.78 is 5.70. The molecule has 0 saturated heterocycles. The number of nitrogens with one attached hydrogen (secondary N) is 2. The maximum absolute atomic E-state index is 12.2. The zero-order chi connectivity index (χ0) is 18.8. The number of halogens is 1. The molecule has 4 aromatic rings. The Balaban J connectivity index is 1.42. The summed E-state index contributed by atoms with van der Waals surface area (Å²) in [6.07, 6.45) is 1.83. The lowest BCUT2D eigenvalue weighted by molar-refractivity contribution is -0.113. The van der Waals surface area contributed by atoms with Crippen molar-refractivity contribution in [2.45, 2.75) is 12.1 Å². The van der Waals surface area contributed by atoms with Crippen LogP contribution in [0.15, 0.2) is 58.3 Å². The van der Waals surface area contributed by atoms with Crippen LogP contribution in [0.4, 0.5) is 5.69 Å². The van der Waals surface area contributed by atoms with Crippen LogP contribution in [0.2, 0.25) is 5.02 Å². The standard InChI is InChI=1S/C19H15ClN4O2S/c1-11-14(20)6-4-8-15(11)22-17(25)10-27-19-24-23-18(26-19)13-9-21-16-7-3-2-5-12(13)16/h2-9,21H,10H2,1H3,(H,22,25). The molecule has 27 heavy (non-hydrogen) atoms. The van der Waals surface area contributed by atoms with Gasteiger partial charge < -0.3 is 14.7 Å². The van der Waals surface area contributed by atoms with Gasteiger partial charge in [-0.25, -0.2) is 0 Å². The van der Waals surface area contributed by atoms with E-state index in [1.165, 1.54) is 11.8 Å². The summed E-state index contributed by atoms with van der Waals surface area (Å²) in [5, 5.41) is 12.9. The lowest BCUT2D eigenvalue weighted by atomic mass is 10.2. The highest BCUT2D eigenvalue weighted by Gasteiger charge is 2.15. The Labute approximate surface area is 164 Å². The number of thioether (sulfide) groups is 1. The highest BCUT2D eigenvalue weighted by atomic mass is 35.5. The number of nitrogens with zero attached hydrogens (tertiary/aromatic N) is 2. The second kappa shape index (κ2) is 7.46. The molecule has 4 rings (SSSR count). The molecule has 0 saturated carbocycles. The van der Waals surface area contributed by atoms with Crippen molar-refractivity contribution < 1.29 is 9.21 Å². The number of carbonyl (C=O) groups is 1. The topological polar surface area (TPSA) is 83.8 Å². The van der Waals surface area contributed by atoms with Crippen molar-refractivity contribution >= 4 is 45.9 Å². The minimum atomic E-state index is -0.169. The summed E-state index contributed by atoms with van der Waals surface area (Å²) in [5.74, 6) is 0.403. The number of hydrogen-bond donors (Lipinski definition) is 2. The van der Waals surface area contributed by atoms with E-state index in [1.807, 2.05) is 43.5 Å². The average Bonchev–Trinajstić information content (AvgIpc) is 3.30. The van der Waals surface area contributed by atoms with Gasteiger partial charge in [0.1, 0.15) is 0 Å². The van der Waals surface area contributed by atoms with Gasteiger partial charge in [0.2, 0.25) is 5.91 Å². The summed E-state index contributed by atoms with van der Waals surface area (Å²) in [4.78, 5) is 15.4. The van der Waals surface area contributed by atoms with Crippen LogP contribution in [0.1, 0.15) is 5.56 Å². The maximum atomic E-state index is 12.2. The Kier molecular flexibility index (Phi) is 4.87. The second-order valence-electron chi connectivity index (χ2n) is 5.87. The number of amides is 1. The van der Waals surface area contributed by atoms with E-state index >= 15 is 0 Å². The number of rotatable bonds is 5. The fraction of sp³-hybridized carbons (Fsp3) is 0.105. The normalized spacial score (nSPS) is 11.0. The molecule has 136 valence electrons. The molecule has 0 fully saturated rings. The Morgan fingerprint density at radius 1 is 1.22 bits per heavy atom. The van der Waals surface area contributed by atoms with E-state index in [9.17, 15) is 4.79 Å². The highest BCUT2D eigenvalue weighted by Crippen LogP contribution is 2.29. The number of benzene rings is 2. The van der Waals surface area contributed by atoms with E-state index in [-0.39, 0.29) is 11.7 Å². The fourth-order valence-corrected chi connectivity index (χ4v) is 3.42. The highest BCUT2D eigenvalue weighted by molar-refractivity contribution is 7.99. The van der Waals surface area contributed by atoms with Crippen molar-refractivity contribution in [1.29, 1.82) is 0 Å². The van der Waals surface area contributed by atoms with E-state index in [4.69, 9.17) is 16.0 Å². The van der Waals surface area contributed by atoms with Gasteiger partial charge in [0.25, 0.3) is 11.1 Å². The van der Waals surface area contributed by atoms with Crippen LogP contribution in [-0.2, 0) is 4.79 Å². The zero-order valence-electron chi connectivity index (χ0n) is 14.3. The number of aromatic nitrogens is 3. The van der Waals surface area contributed by atoms with Crippen molar-refractivity contribution in [3.05, 3.63) is 59.2 Å². The lowest BCUT2D eigenvalue weighted by Crippen LogP contribution is -2.14. The number of para-hydroxylation sites is 1. The first-order valence-corrected chi connectivity index (χ1v) is 9.56. The van der Waals surface area contributed by atoms with Crippen molar-refractivity contribution in [1.82, 2.24) is 15.2 Å². The van der Waals surface area contributed by atoms with E-state index in [1.54, 1.807) is 12.1 Å². The van der Waals surface area contributed by atoms with Crippen molar-refractivity contribution in [3.63, 3.8) is 0 Å². The molecule has 6 nitrogen and oxygen atoms in total. The summed E-state index contributed by atoms with van der Waals surface area (Å²) in [5.41, 5.74) is 3.36. The van der Waals surface area contributed by atoms with Crippen LogP contribution in [0.5, 0.6) is 0 Å². The summed E-state index contributed by atoms with van der Waals surface area (Å²) in [7, 11) is 0. The van der Waals surface area contributed by atoms with Gasteiger partial charge in [-0.15, -0.1) is 10.2 Å². The first kappa shape index (κ1) is 17.6. The lowest BCUT2D eigenvalue weighted by Gasteiger charge is -2.08.